The molecule has 0 atom stereocenters. The van der Waals surface area contributed by atoms with Gasteiger partial charge in [0.05, 0.1) is 0 Å². The molecule has 0 bridgehead atoms. The van der Waals surface area contributed by atoms with Crippen molar-refractivity contribution in [2.75, 3.05) is 0 Å². The quantitative estimate of drug-likeness (QED) is 0.156. The van der Waals surface area contributed by atoms with E-state index in [-0.39, 0.29) is 0 Å². The highest BCUT2D eigenvalue weighted by molar-refractivity contribution is 6.22. The van der Waals surface area contributed by atoms with Gasteiger partial charge in [0.15, 0.2) is 0 Å². The minimum atomic E-state index is 0.976. The fraction of sp³-hybridized carbons (Fsp3) is 0.0976. The third-order valence-electron chi connectivity index (χ3n) is 8.38. The maximum absolute atomic E-state index is 3.24. The molecular formula is C41H32. The van der Waals surface area contributed by atoms with E-state index < -0.39 is 0 Å². The minimum absolute atomic E-state index is 0.976. The van der Waals surface area contributed by atoms with E-state index >= 15 is 0 Å². The van der Waals surface area contributed by atoms with Gasteiger partial charge in [-0.1, -0.05) is 129 Å². The maximum atomic E-state index is 3.24. The predicted octanol–water partition coefficient (Wildman–Crippen LogP) is 11.4. The fourth-order valence-corrected chi connectivity index (χ4v) is 6.64. The van der Waals surface area contributed by atoms with Gasteiger partial charge in [0.2, 0.25) is 0 Å². The molecule has 6 aromatic carbocycles. The molecule has 196 valence electrons. The van der Waals surface area contributed by atoms with Crippen LogP contribution in [0.5, 0.6) is 0 Å². The molecule has 2 aliphatic carbocycles. The summed E-state index contributed by atoms with van der Waals surface area (Å²) >= 11 is 0. The summed E-state index contributed by atoms with van der Waals surface area (Å²) in [6, 6.07) is 38.5. The first kappa shape index (κ1) is 25.1. The van der Waals surface area contributed by atoms with Crippen LogP contribution in [0, 0.1) is 6.92 Å². The Morgan fingerprint density at radius 2 is 1.32 bits per heavy atom. The molecule has 41 heavy (non-hydrogen) atoms. The van der Waals surface area contributed by atoms with E-state index in [2.05, 4.69) is 134 Å². The third kappa shape index (κ3) is 4.08. The van der Waals surface area contributed by atoms with E-state index in [4.69, 9.17) is 0 Å². The SMILES string of the molecule is CC.Cc1ccc2c(-c3ccc4c(c3)C=CC=C=C4)c3ccccc3c(-c3cccc4c3Cc3ccccc3-4)c2c1. The van der Waals surface area contributed by atoms with Crippen molar-refractivity contribution in [3.05, 3.63) is 149 Å². The summed E-state index contributed by atoms with van der Waals surface area (Å²) in [4.78, 5) is 0. The summed E-state index contributed by atoms with van der Waals surface area (Å²) < 4.78 is 0. The molecule has 0 aliphatic heterocycles. The molecule has 0 saturated heterocycles. The van der Waals surface area contributed by atoms with E-state index in [1.54, 1.807) is 0 Å². The average Bonchev–Trinajstić information content (AvgIpc) is 3.24. The molecule has 6 aromatic rings. The van der Waals surface area contributed by atoms with Crippen LogP contribution >= 0.6 is 0 Å². The summed E-state index contributed by atoms with van der Waals surface area (Å²) in [5.41, 5.74) is 17.8. The van der Waals surface area contributed by atoms with Crippen LogP contribution in [-0.4, -0.2) is 0 Å². The third-order valence-corrected chi connectivity index (χ3v) is 8.38. The van der Waals surface area contributed by atoms with Crippen molar-refractivity contribution < 1.29 is 0 Å². The van der Waals surface area contributed by atoms with Crippen LogP contribution in [0.3, 0.4) is 0 Å². The van der Waals surface area contributed by atoms with E-state index in [0.29, 0.717) is 0 Å². The molecule has 8 rings (SSSR count). The summed E-state index contributed by atoms with van der Waals surface area (Å²) in [5, 5.41) is 5.22. The molecule has 0 spiro atoms. The highest BCUT2D eigenvalue weighted by Crippen LogP contribution is 2.48. The molecule has 0 amide bonds. The Bertz CT molecular complexity index is 2080. The lowest BCUT2D eigenvalue weighted by atomic mass is 9.83. The van der Waals surface area contributed by atoms with Crippen molar-refractivity contribution in [3.63, 3.8) is 0 Å². The minimum Gasteiger partial charge on any atom is -0.120 e. The Balaban J connectivity index is 0.00000135. The zero-order valence-corrected chi connectivity index (χ0v) is 23.8. The molecule has 2 aliphatic rings. The van der Waals surface area contributed by atoms with E-state index in [1.807, 2.05) is 19.9 Å². The molecule has 0 fully saturated rings. The number of hydrogen-bond acceptors (Lipinski definition) is 0. The van der Waals surface area contributed by atoms with Gasteiger partial charge in [-0.3, -0.25) is 0 Å². The van der Waals surface area contributed by atoms with Crippen molar-refractivity contribution in [1.82, 2.24) is 0 Å². The number of rotatable bonds is 2. The zero-order chi connectivity index (χ0) is 27.9. The molecule has 0 unspecified atom stereocenters. The van der Waals surface area contributed by atoms with Crippen LogP contribution in [-0.2, 0) is 6.42 Å². The smallest absolute Gasteiger partial charge is 0.000728 e. The summed E-state index contributed by atoms with van der Waals surface area (Å²) in [6.07, 6.45) is 9.27. The Kier molecular flexibility index (Phi) is 6.27. The standard InChI is InChI=1S/C39H26.C2H6/c1-25-18-21-35-37(22-25)39(34-17-9-16-31-30-13-6-5-12-28(30)24-36(31)34)33-15-8-7-14-32(33)38(35)29-20-19-26-10-3-2-4-11-27(26)23-29;1-2/h2,4-23H,24H2,1H3;1-2H3. The van der Waals surface area contributed by atoms with Crippen molar-refractivity contribution in [1.29, 1.82) is 0 Å². The van der Waals surface area contributed by atoms with Gasteiger partial charge in [-0.2, -0.15) is 0 Å². The van der Waals surface area contributed by atoms with Crippen LogP contribution in [0.15, 0.2) is 121 Å². The van der Waals surface area contributed by atoms with Crippen LogP contribution in [0.4, 0.5) is 0 Å². The number of allylic oxidation sites excluding steroid dienone is 2. The Labute approximate surface area is 242 Å². The van der Waals surface area contributed by atoms with Crippen molar-refractivity contribution in [2.24, 2.45) is 0 Å². The first-order chi connectivity index (χ1) is 20.3. The number of benzene rings is 6. The zero-order valence-electron chi connectivity index (χ0n) is 23.8. The fourth-order valence-electron chi connectivity index (χ4n) is 6.64. The molecule has 0 N–H and O–H groups in total. The number of hydrogen-bond donors (Lipinski definition) is 0. The van der Waals surface area contributed by atoms with Crippen LogP contribution in [0.25, 0.3) is 67.1 Å². The Morgan fingerprint density at radius 1 is 0.585 bits per heavy atom. The lowest BCUT2D eigenvalue weighted by molar-refractivity contribution is 1.27. The second-order valence-corrected chi connectivity index (χ2v) is 10.7. The van der Waals surface area contributed by atoms with Crippen LogP contribution in [0.1, 0.15) is 41.7 Å². The van der Waals surface area contributed by atoms with E-state index in [0.717, 1.165) is 6.42 Å². The van der Waals surface area contributed by atoms with Gasteiger partial charge in [-0.25, -0.2) is 0 Å². The summed E-state index contributed by atoms with van der Waals surface area (Å²) in [7, 11) is 0. The van der Waals surface area contributed by atoms with Crippen LogP contribution in [0.2, 0.25) is 0 Å². The molecule has 0 aromatic heterocycles. The van der Waals surface area contributed by atoms with Gasteiger partial charge in [0, 0.05) is 0 Å². The second kappa shape index (κ2) is 10.3. The van der Waals surface area contributed by atoms with Crippen LogP contribution < -0.4 is 0 Å². The normalized spacial score (nSPS) is 12.5. The van der Waals surface area contributed by atoms with Gasteiger partial charge in [0.25, 0.3) is 0 Å². The monoisotopic (exact) mass is 524 g/mol. The predicted molar refractivity (Wildman–Crippen MR) is 178 cm³/mol. The molecule has 0 heteroatoms. The number of aryl methyl sites for hydroxylation is 1. The highest BCUT2D eigenvalue weighted by atomic mass is 14.3. The molecule has 0 nitrogen and oxygen atoms in total. The molecular weight excluding hydrogens is 492 g/mol. The van der Waals surface area contributed by atoms with Gasteiger partial charge < -0.3 is 0 Å². The molecule has 0 saturated carbocycles. The van der Waals surface area contributed by atoms with Crippen molar-refractivity contribution in [3.8, 4) is 33.4 Å². The lowest BCUT2D eigenvalue weighted by Crippen LogP contribution is -1.95. The van der Waals surface area contributed by atoms with Crippen molar-refractivity contribution >= 4 is 33.7 Å². The van der Waals surface area contributed by atoms with Crippen molar-refractivity contribution in [2.45, 2.75) is 27.2 Å². The number of fused-ring (bicyclic) bond motifs is 6. The first-order valence-corrected chi connectivity index (χ1v) is 14.7. The first-order valence-electron chi connectivity index (χ1n) is 14.7. The summed E-state index contributed by atoms with van der Waals surface area (Å²) in [6.45, 7) is 6.20. The summed E-state index contributed by atoms with van der Waals surface area (Å²) in [5.74, 6) is 0. The molecule has 0 radical (unpaired) electrons. The van der Waals surface area contributed by atoms with E-state index in [1.165, 1.54) is 82.7 Å². The lowest BCUT2D eigenvalue weighted by Gasteiger charge is -2.20. The average molecular weight is 525 g/mol. The van der Waals surface area contributed by atoms with Gasteiger partial charge in [-0.15, -0.1) is 5.73 Å². The maximum Gasteiger partial charge on any atom is -0.000728 e. The van der Waals surface area contributed by atoms with Gasteiger partial charge in [0.1, 0.15) is 0 Å². The second-order valence-electron chi connectivity index (χ2n) is 10.7. The largest absolute Gasteiger partial charge is 0.120 e. The van der Waals surface area contributed by atoms with Gasteiger partial charge in [-0.05, 0) is 109 Å². The Hall–Kier alpha value is -4.90. The topological polar surface area (TPSA) is 0 Å². The Morgan fingerprint density at radius 3 is 2.20 bits per heavy atom. The molecule has 0 heterocycles. The van der Waals surface area contributed by atoms with E-state index in [9.17, 15) is 0 Å². The highest BCUT2D eigenvalue weighted by Gasteiger charge is 2.24. The van der Waals surface area contributed by atoms with Gasteiger partial charge >= 0.3 is 0 Å².